The van der Waals surface area contributed by atoms with E-state index in [0.29, 0.717) is 17.3 Å². The first kappa shape index (κ1) is 27.2. The minimum Gasteiger partial charge on any atom is -0.383 e. The molecule has 7 rings (SSSR count). The van der Waals surface area contributed by atoms with Gasteiger partial charge in [-0.25, -0.2) is 24.9 Å². The van der Waals surface area contributed by atoms with Crippen LogP contribution >= 0.6 is 0 Å². The topological polar surface area (TPSA) is 126 Å². The molecule has 5 heterocycles. The molecule has 1 saturated heterocycles. The first-order valence-corrected chi connectivity index (χ1v) is 14.6. The summed E-state index contributed by atoms with van der Waals surface area (Å²) in [7, 11) is 0. The van der Waals surface area contributed by atoms with E-state index >= 15 is 0 Å². The lowest BCUT2D eigenvalue weighted by Gasteiger charge is -2.22. The number of nitrogens with two attached hydrogens (primary N) is 1. The van der Waals surface area contributed by atoms with E-state index < -0.39 is 0 Å². The van der Waals surface area contributed by atoms with Gasteiger partial charge in [0, 0.05) is 56.2 Å². The first-order chi connectivity index (χ1) is 21.7. The summed E-state index contributed by atoms with van der Waals surface area (Å²) in [6, 6.07) is 30.4. The third kappa shape index (κ3) is 5.44. The van der Waals surface area contributed by atoms with E-state index in [-0.39, 0.29) is 0 Å². The third-order valence-electron chi connectivity index (χ3n) is 7.93. The zero-order valence-corrected chi connectivity index (χ0v) is 24.1. The van der Waals surface area contributed by atoms with Crippen LogP contribution in [0.2, 0.25) is 0 Å². The van der Waals surface area contributed by atoms with E-state index in [0.717, 1.165) is 78.6 Å². The molecule has 0 aliphatic carbocycles. The Bertz CT molecular complexity index is 1960. The maximum atomic E-state index is 9.22. The highest BCUT2D eigenvalue weighted by Crippen LogP contribution is 2.32. The maximum Gasteiger partial charge on any atom is 0.165 e. The number of benzene rings is 2. The van der Waals surface area contributed by atoms with Crippen LogP contribution in [0.3, 0.4) is 0 Å². The Morgan fingerprint density at radius 2 is 1.68 bits per heavy atom. The van der Waals surface area contributed by atoms with Crippen molar-refractivity contribution in [2.75, 3.05) is 36.8 Å². The largest absolute Gasteiger partial charge is 0.383 e. The highest BCUT2D eigenvalue weighted by Gasteiger charge is 2.20. The molecular weight excluding hydrogens is 548 g/mol. The monoisotopic (exact) mass is 578 g/mol. The molecule has 6 aromatic rings. The van der Waals surface area contributed by atoms with Gasteiger partial charge < -0.3 is 10.6 Å². The van der Waals surface area contributed by atoms with Crippen molar-refractivity contribution in [1.82, 2.24) is 34.4 Å². The predicted octanol–water partition coefficient (Wildman–Crippen LogP) is 5.11. The number of nitrogens with zero attached hydrogens (tertiary/aromatic N) is 9. The van der Waals surface area contributed by atoms with Crippen molar-refractivity contribution in [3.05, 3.63) is 109 Å². The fourth-order valence-corrected chi connectivity index (χ4v) is 5.71. The van der Waals surface area contributed by atoms with Gasteiger partial charge >= 0.3 is 0 Å². The van der Waals surface area contributed by atoms with Crippen LogP contribution in [0, 0.1) is 11.3 Å². The van der Waals surface area contributed by atoms with Gasteiger partial charge in [-0.05, 0) is 48.4 Å². The number of anilines is 2. The van der Waals surface area contributed by atoms with Crippen molar-refractivity contribution in [2.24, 2.45) is 0 Å². The van der Waals surface area contributed by atoms with E-state index in [1.165, 1.54) is 11.9 Å². The Labute approximate surface area is 255 Å². The van der Waals surface area contributed by atoms with Crippen molar-refractivity contribution in [2.45, 2.75) is 13.0 Å². The molecule has 4 aromatic heterocycles. The average molecular weight is 579 g/mol. The van der Waals surface area contributed by atoms with Crippen LogP contribution in [0.5, 0.6) is 0 Å². The standard InChI is InChI=1S/C34H30N10/c35-21-26-20-31(39-23-38-26)43-17-5-16-42(18-19-43)22-24-9-11-27(12-10-24)44-33(28-8-4-15-37-32(28)36)41-30-14-13-29(40-34(30)44)25-6-2-1-3-7-25/h1-4,6-15,20,23H,5,16-19,22H2,(H2,36,37). The number of nitrogen functional groups attached to an aromatic ring is 1. The quantitative estimate of drug-likeness (QED) is 0.287. The van der Waals surface area contributed by atoms with Crippen LogP contribution in [0.25, 0.3) is 39.5 Å². The Hall–Kier alpha value is -5.66. The molecule has 2 N–H and O–H groups in total. The predicted molar refractivity (Wildman–Crippen MR) is 171 cm³/mol. The number of rotatable bonds is 6. The second-order valence-electron chi connectivity index (χ2n) is 10.8. The van der Waals surface area contributed by atoms with Gasteiger partial charge in [-0.3, -0.25) is 9.47 Å². The third-order valence-corrected chi connectivity index (χ3v) is 7.93. The Balaban J connectivity index is 1.17. The smallest absolute Gasteiger partial charge is 0.165 e. The molecule has 0 saturated carbocycles. The molecule has 10 nitrogen and oxygen atoms in total. The molecule has 10 heteroatoms. The summed E-state index contributed by atoms with van der Waals surface area (Å²) >= 11 is 0. The van der Waals surface area contributed by atoms with Crippen molar-refractivity contribution in [3.63, 3.8) is 0 Å². The van der Waals surface area contributed by atoms with Crippen LogP contribution in [0.4, 0.5) is 11.6 Å². The number of aromatic nitrogens is 6. The van der Waals surface area contributed by atoms with E-state index in [2.05, 4.69) is 71.8 Å². The van der Waals surface area contributed by atoms with Crippen LogP contribution in [-0.4, -0.2) is 60.6 Å². The molecule has 1 fully saturated rings. The molecule has 0 bridgehead atoms. The number of imidazole rings is 1. The molecule has 0 spiro atoms. The highest BCUT2D eigenvalue weighted by atomic mass is 15.2. The SMILES string of the molecule is N#Cc1cc(N2CCCN(Cc3ccc(-n4c(-c5cccnc5N)nc5ccc(-c6ccccc6)nc54)cc3)CC2)ncn1. The average Bonchev–Trinajstić information content (AvgIpc) is 3.29. The van der Waals surface area contributed by atoms with Gasteiger partial charge in [0.2, 0.25) is 0 Å². The first-order valence-electron chi connectivity index (χ1n) is 14.6. The van der Waals surface area contributed by atoms with E-state index in [1.54, 1.807) is 12.3 Å². The van der Waals surface area contributed by atoms with Gasteiger partial charge in [0.15, 0.2) is 11.5 Å². The van der Waals surface area contributed by atoms with Crippen molar-refractivity contribution < 1.29 is 0 Å². The fourth-order valence-electron chi connectivity index (χ4n) is 5.71. The summed E-state index contributed by atoms with van der Waals surface area (Å²) in [6.45, 7) is 4.45. The van der Waals surface area contributed by atoms with Crippen LogP contribution < -0.4 is 10.6 Å². The van der Waals surface area contributed by atoms with Gasteiger partial charge in [0.1, 0.15) is 35.2 Å². The molecule has 0 atom stereocenters. The normalized spacial score (nSPS) is 13.9. The van der Waals surface area contributed by atoms with Crippen molar-refractivity contribution >= 4 is 22.8 Å². The number of hydrogen-bond acceptors (Lipinski definition) is 9. The van der Waals surface area contributed by atoms with Crippen molar-refractivity contribution in [1.29, 1.82) is 5.26 Å². The van der Waals surface area contributed by atoms with Gasteiger partial charge in [-0.2, -0.15) is 5.26 Å². The summed E-state index contributed by atoms with van der Waals surface area (Å²) in [5, 5.41) is 9.22. The Kier molecular flexibility index (Phi) is 7.36. The zero-order chi connectivity index (χ0) is 29.9. The van der Waals surface area contributed by atoms with E-state index in [4.69, 9.17) is 15.7 Å². The molecule has 0 amide bonds. The number of fused-ring (bicyclic) bond motifs is 1. The minimum absolute atomic E-state index is 0.391. The zero-order valence-electron chi connectivity index (χ0n) is 24.1. The molecular formula is C34H30N10. The van der Waals surface area contributed by atoms with Crippen LogP contribution in [0.1, 0.15) is 17.7 Å². The molecule has 1 aliphatic heterocycles. The van der Waals surface area contributed by atoms with Gasteiger partial charge in [0.05, 0.1) is 11.3 Å². The lowest BCUT2D eigenvalue weighted by molar-refractivity contribution is 0.285. The summed E-state index contributed by atoms with van der Waals surface area (Å²) in [4.78, 5) is 27.4. The molecule has 0 unspecified atom stereocenters. The summed E-state index contributed by atoms with van der Waals surface area (Å²) in [5.41, 5.74) is 13.1. The number of hydrogen-bond donors (Lipinski definition) is 1. The van der Waals surface area contributed by atoms with Gasteiger partial charge in [-0.15, -0.1) is 0 Å². The second-order valence-corrected chi connectivity index (χ2v) is 10.8. The molecule has 216 valence electrons. The number of nitriles is 1. The Morgan fingerprint density at radius 3 is 2.50 bits per heavy atom. The molecule has 1 aliphatic rings. The molecule has 0 radical (unpaired) electrons. The molecule has 2 aromatic carbocycles. The summed E-state index contributed by atoms with van der Waals surface area (Å²) in [6.07, 6.45) is 4.16. The second kappa shape index (κ2) is 11.9. The number of pyridine rings is 2. The van der Waals surface area contributed by atoms with E-state index in [1.807, 2.05) is 42.5 Å². The lowest BCUT2D eigenvalue weighted by atomic mass is 10.1. The van der Waals surface area contributed by atoms with Crippen molar-refractivity contribution in [3.8, 4) is 34.4 Å². The summed E-state index contributed by atoms with van der Waals surface area (Å²) < 4.78 is 2.07. The van der Waals surface area contributed by atoms with Crippen LogP contribution in [0.15, 0.2) is 97.5 Å². The fraction of sp³-hybridized carbons (Fsp3) is 0.176. The Morgan fingerprint density at radius 1 is 0.818 bits per heavy atom. The lowest BCUT2D eigenvalue weighted by Crippen LogP contribution is -2.31. The molecule has 44 heavy (non-hydrogen) atoms. The summed E-state index contributed by atoms with van der Waals surface area (Å²) in [5.74, 6) is 1.93. The highest BCUT2D eigenvalue weighted by molar-refractivity contribution is 5.84. The van der Waals surface area contributed by atoms with Gasteiger partial charge in [-0.1, -0.05) is 42.5 Å². The minimum atomic E-state index is 0.391. The van der Waals surface area contributed by atoms with E-state index in [9.17, 15) is 5.26 Å². The van der Waals surface area contributed by atoms with Crippen LogP contribution in [-0.2, 0) is 6.54 Å². The maximum absolute atomic E-state index is 9.22. The van der Waals surface area contributed by atoms with Gasteiger partial charge in [0.25, 0.3) is 0 Å².